The molecule has 4 nitrogen and oxygen atoms in total. The second-order valence-corrected chi connectivity index (χ2v) is 1.10. The van der Waals surface area contributed by atoms with Gasteiger partial charge < -0.3 is 11.1 Å². The fourth-order valence-corrected chi connectivity index (χ4v) is 0.303. The highest BCUT2D eigenvalue weighted by Gasteiger charge is 1.70. The largest absolute Gasteiger partial charge is 0.344 e. The number of hydrogen-bond donors (Lipinski definition) is 2. The first-order valence-electron chi connectivity index (χ1n) is 1.88. The van der Waals surface area contributed by atoms with Crippen molar-refractivity contribution in [3.05, 3.63) is 28.9 Å². The SMILES string of the molecule is N.O=c1ccnc[nH]1. The molecule has 1 rings (SSSR count). The number of aromatic nitrogens is 2. The molecule has 0 saturated heterocycles. The van der Waals surface area contributed by atoms with Crippen molar-refractivity contribution in [3.63, 3.8) is 0 Å². The zero-order valence-corrected chi connectivity index (χ0v) is 4.29. The zero-order chi connectivity index (χ0) is 5.11. The Kier molecular flexibility index (Phi) is 2.50. The Labute approximate surface area is 46.2 Å². The van der Waals surface area contributed by atoms with Crippen molar-refractivity contribution in [2.24, 2.45) is 0 Å². The summed E-state index contributed by atoms with van der Waals surface area (Å²) in [7, 11) is 0. The molecule has 0 amide bonds. The van der Waals surface area contributed by atoms with E-state index in [0.717, 1.165) is 0 Å². The van der Waals surface area contributed by atoms with Crippen LogP contribution in [0.1, 0.15) is 0 Å². The first-order chi connectivity index (χ1) is 3.39. The van der Waals surface area contributed by atoms with Gasteiger partial charge in [-0.2, -0.15) is 0 Å². The number of rotatable bonds is 0. The van der Waals surface area contributed by atoms with E-state index in [1.54, 1.807) is 0 Å². The topological polar surface area (TPSA) is 80.8 Å². The van der Waals surface area contributed by atoms with Gasteiger partial charge in [0.25, 0.3) is 5.56 Å². The number of H-pyrrole nitrogens is 1. The molecule has 1 aromatic rings. The molecule has 1 aromatic heterocycles. The summed E-state index contributed by atoms with van der Waals surface area (Å²) in [6, 6.07) is 1.36. The molecule has 8 heavy (non-hydrogen) atoms. The van der Waals surface area contributed by atoms with Gasteiger partial charge in [0.1, 0.15) is 0 Å². The molecule has 0 aliphatic rings. The summed E-state index contributed by atoms with van der Waals surface area (Å²) in [4.78, 5) is 16.1. The van der Waals surface area contributed by atoms with E-state index in [1.165, 1.54) is 18.6 Å². The molecule has 0 atom stereocenters. The second-order valence-electron chi connectivity index (χ2n) is 1.10. The van der Waals surface area contributed by atoms with E-state index in [2.05, 4.69) is 9.97 Å². The van der Waals surface area contributed by atoms with Gasteiger partial charge in [-0.3, -0.25) is 4.79 Å². The molecule has 0 radical (unpaired) electrons. The van der Waals surface area contributed by atoms with Gasteiger partial charge in [-0.15, -0.1) is 0 Å². The van der Waals surface area contributed by atoms with E-state index >= 15 is 0 Å². The zero-order valence-electron chi connectivity index (χ0n) is 4.29. The van der Waals surface area contributed by atoms with Crippen LogP contribution < -0.4 is 11.7 Å². The Morgan fingerprint density at radius 2 is 2.38 bits per heavy atom. The van der Waals surface area contributed by atoms with Crippen LogP contribution in [-0.4, -0.2) is 9.97 Å². The van der Waals surface area contributed by atoms with Crippen molar-refractivity contribution in [2.45, 2.75) is 0 Å². The van der Waals surface area contributed by atoms with Gasteiger partial charge in [0.2, 0.25) is 0 Å². The van der Waals surface area contributed by atoms with E-state index < -0.39 is 0 Å². The highest BCUT2D eigenvalue weighted by atomic mass is 16.1. The number of nitrogens with one attached hydrogen (secondary N) is 1. The summed E-state index contributed by atoms with van der Waals surface area (Å²) >= 11 is 0. The van der Waals surface area contributed by atoms with E-state index in [4.69, 9.17) is 0 Å². The third kappa shape index (κ3) is 1.53. The van der Waals surface area contributed by atoms with Crippen LogP contribution in [0.15, 0.2) is 23.4 Å². The Morgan fingerprint density at radius 1 is 1.62 bits per heavy atom. The van der Waals surface area contributed by atoms with Gasteiger partial charge in [-0.25, -0.2) is 4.98 Å². The molecular formula is C4H7N3O. The maximum atomic E-state index is 10.2. The van der Waals surface area contributed by atoms with Gasteiger partial charge in [-0.1, -0.05) is 0 Å². The minimum Gasteiger partial charge on any atom is -0.344 e. The molecule has 4 heteroatoms. The summed E-state index contributed by atoms with van der Waals surface area (Å²) < 4.78 is 0. The molecule has 0 aliphatic carbocycles. The minimum atomic E-state index is -0.116. The van der Waals surface area contributed by atoms with Crippen LogP contribution in [0, 0.1) is 0 Å². The third-order valence-electron chi connectivity index (χ3n) is 0.593. The molecule has 0 unspecified atom stereocenters. The average Bonchev–Trinajstić information content (AvgIpc) is 1.69. The normalized spacial score (nSPS) is 7.50. The van der Waals surface area contributed by atoms with Gasteiger partial charge in [-0.05, 0) is 0 Å². The van der Waals surface area contributed by atoms with Crippen molar-refractivity contribution in [3.8, 4) is 0 Å². The predicted octanol–water partition coefficient (Wildman–Crippen LogP) is -0.0681. The summed E-state index contributed by atoms with van der Waals surface area (Å²) in [6.07, 6.45) is 2.79. The molecule has 0 saturated carbocycles. The fraction of sp³-hybridized carbons (Fsp3) is 0. The number of aromatic amines is 1. The first-order valence-corrected chi connectivity index (χ1v) is 1.88. The van der Waals surface area contributed by atoms with E-state index in [9.17, 15) is 4.79 Å². The van der Waals surface area contributed by atoms with Crippen molar-refractivity contribution < 1.29 is 0 Å². The van der Waals surface area contributed by atoms with Gasteiger partial charge >= 0.3 is 0 Å². The van der Waals surface area contributed by atoms with Crippen LogP contribution in [0.4, 0.5) is 0 Å². The summed E-state index contributed by atoms with van der Waals surface area (Å²) in [5.74, 6) is 0. The smallest absolute Gasteiger partial charge is 0.250 e. The first kappa shape index (κ1) is 6.84. The number of hydrogen-bond acceptors (Lipinski definition) is 3. The van der Waals surface area contributed by atoms with Crippen LogP contribution in [0.3, 0.4) is 0 Å². The fourth-order valence-electron chi connectivity index (χ4n) is 0.303. The molecular weight excluding hydrogens is 106 g/mol. The van der Waals surface area contributed by atoms with Crippen molar-refractivity contribution in [1.82, 2.24) is 16.1 Å². The number of nitrogens with zero attached hydrogens (tertiary/aromatic N) is 1. The lowest BCUT2D eigenvalue weighted by atomic mass is 10.7. The molecule has 0 aromatic carbocycles. The monoisotopic (exact) mass is 113 g/mol. The van der Waals surface area contributed by atoms with E-state index in [0.29, 0.717) is 0 Å². The molecule has 0 aliphatic heterocycles. The van der Waals surface area contributed by atoms with Crippen molar-refractivity contribution >= 4 is 0 Å². The lowest BCUT2D eigenvalue weighted by molar-refractivity contribution is 1.12. The standard InChI is InChI=1S/C4H4N2O.H3N/c7-4-1-2-5-3-6-4;/h1-3H,(H,5,6,7);1H3. The predicted molar refractivity (Wildman–Crippen MR) is 29.9 cm³/mol. The summed E-state index contributed by atoms with van der Waals surface area (Å²) in [5.41, 5.74) is -0.116. The highest BCUT2D eigenvalue weighted by molar-refractivity contribution is 4.76. The van der Waals surface area contributed by atoms with Gasteiger partial charge in [0, 0.05) is 12.3 Å². The Morgan fingerprint density at radius 3 is 2.62 bits per heavy atom. The highest BCUT2D eigenvalue weighted by Crippen LogP contribution is 1.57. The maximum absolute atomic E-state index is 10.2. The van der Waals surface area contributed by atoms with E-state index in [-0.39, 0.29) is 11.7 Å². The van der Waals surface area contributed by atoms with Crippen LogP contribution in [-0.2, 0) is 0 Å². The third-order valence-corrected chi connectivity index (χ3v) is 0.593. The van der Waals surface area contributed by atoms with Crippen LogP contribution in [0.25, 0.3) is 0 Å². The lowest BCUT2D eigenvalue weighted by Gasteiger charge is -1.73. The maximum Gasteiger partial charge on any atom is 0.250 e. The Hall–Kier alpha value is -1.16. The average molecular weight is 113 g/mol. The lowest BCUT2D eigenvalue weighted by Crippen LogP contribution is -2.00. The van der Waals surface area contributed by atoms with Gasteiger partial charge in [0.15, 0.2) is 0 Å². The quantitative estimate of drug-likeness (QED) is 0.494. The molecule has 1 heterocycles. The van der Waals surface area contributed by atoms with Crippen molar-refractivity contribution in [1.29, 1.82) is 0 Å². The molecule has 44 valence electrons. The van der Waals surface area contributed by atoms with Crippen LogP contribution in [0.2, 0.25) is 0 Å². The second kappa shape index (κ2) is 2.92. The minimum absolute atomic E-state index is 0. The molecule has 0 spiro atoms. The summed E-state index contributed by atoms with van der Waals surface area (Å²) in [6.45, 7) is 0. The summed E-state index contributed by atoms with van der Waals surface area (Å²) in [5, 5.41) is 0. The molecule has 0 fully saturated rings. The molecule has 4 N–H and O–H groups in total. The van der Waals surface area contributed by atoms with Crippen LogP contribution >= 0.6 is 0 Å². The molecule has 0 bridgehead atoms. The van der Waals surface area contributed by atoms with E-state index in [1.807, 2.05) is 0 Å². The van der Waals surface area contributed by atoms with Crippen molar-refractivity contribution in [2.75, 3.05) is 0 Å². The Balaban J connectivity index is 0.000000490. The Bertz CT molecular complexity index is 177. The van der Waals surface area contributed by atoms with Gasteiger partial charge in [0.05, 0.1) is 6.33 Å². The van der Waals surface area contributed by atoms with Crippen LogP contribution in [0.5, 0.6) is 0 Å².